The quantitative estimate of drug-likeness (QED) is 0.829. The summed E-state index contributed by atoms with van der Waals surface area (Å²) in [6, 6.07) is 12.1. The molecular weight excluding hydrogens is 272 g/mol. The Hall–Kier alpha value is -2.01. The fourth-order valence-electron chi connectivity index (χ4n) is 1.90. The Bertz CT molecular complexity index is 581. The number of carbonyl (C=O) groups excluding carboxylic acids is 1. The van der Waals surface area contributed by atoms with Crippen LogP contribution < -0.4 is 11.1 Å². The lowest BCUT2D eigenvalue weighted by atomic mass is 10.0. The van der Waals surface area contributed by atoms with Crippen LogP contribution in [0.1, 0.15) is 28.1 Å². The first-order chi connectivity index (χ1) is 9.61. The van der Waals surface area contributed by atoms with Gasteiger partial charge in [-0.1, -0.05) is 37.3 Å². The van der Waals surface area contributed by atoms with Crippen LogP contribution in [0.2, 0.25) is 0 Å². The van der Waals surface area contributed by atoms with Crippen molar-refractivity contribution in [1.29, 1.82) is 0 Å². The van der Waals surface area contributed by atoms with Crippen molar-refractivity contribution in [2.75, 3.05) is 24.7 Å². The van der Waals surface area contributed by atoms with Crippen molar-refractivity contribution in [3.05, 3.63) is 46.8 Å². The molecule has 0 fully saturated rings. The van der Waals surface area contributed by atoms with Crippen molar-refractivity contribution in [1.82, 2.24) is 0 Å². The van der Waals surface area contributed by atoms with Crippen molar-refractivity contribution >= 4 is 28.0 Å². The average molecular weight is 290 g/mol. The number of nitrogens with two attached hydrogens (primary N) is 1. The molecule has 0 bridgehead atoms. The van der Waals surface area contributed by atoms with Crippen LogP contribution >= 0.6 is 11.3 Å². The summed E-state index contributed by atoms with van der Waals surface area (Å²) in [5.41, 5.74) is 7.54. The van der Waals surface area contributed by atoms with Crippen LogP contribution in [-0.2, 0) is 4.74 Å². The van der Waals surface area contributed by atoms with Gasteiger partial charge in [0, 0.05) is 6.54 Å². The number of thiophene rings is 1. The van der Waals surface area contributed by atoms with Crippen LogP contribution in [-0.4, -0.2) is 19.6 Å². The third-order valence-electron chi connectivity index (χ3n) is 3.08. The number of esters is 1. The molecule has 1 heterocycles. The highest BCUT2D eigenvalue weighted by atomic mass is 32.1. The number of anilines is 2. The zero-order valence-electron chi connectivity index (χ0n) is 11.6. The van der Waals surface area contributed by atoms with Crippen LogP contribution in [0.25, 0.3) is 0 Å². The number of ether oxygens (including phenoxy) is 1. The predicted octanol–water partition coefficient (Wildman–Crippen LogP) is 3.33. The van der Waals surface area contributed by atoms with Crippen molar-refractivity contribution in [3.8, 4) is 0 Å². The van der Waals surface area contributed by atoms with E-state index in [1.165, 1.54) is 24.0 Å². The molecule has 0 saturated carbocycles. The van der Waals surface area contributed by atoms with Crippen LogP contribution in [0.4, 0.5) is 10.7 Å². The predicted molar refractivity (Wildman–Crippen MR) is 83.4 cm³/mol. The normalized spacial score (nSPS) is 11.9. The number of nitrogen functional groups attached to an aromatic ring is 1. The summed E-state index contributed by atoms with van der Waals surface area (Å²) in [7, 11) is 1.35. The second-order valence-corrected chi connectivity index (χ2v) is 5.63. The highest BCUT2D eigenvalue weighted by Gasteiger charge is 2.15. The Morgan fingerprint density at radius 1 is 1.40 bits per heavy atom. The number of benzene rings is 1. The third-order valence-corrected chi connectivity index (χ3v) is 4.17. The minimum atomic E-state index is -0.392. The highest BCUT2D eigenvalue weighted by molar-refractivity contribution is 7.18. The third kappa shape index (κ3) is 3.30. The minimum Gasteiger partial charge on any atom is -0.465 e. The summed E-state index contributed by atoms with van der Waals surface area (Å²) in [6.07, 6.45) is 0. The maximum absolute atomic E-state index is 11.5. The average Bonchev–Trinajstić information content (AvgIpc) is 2.86. The second-order valence-electron chi connectivity index (χ2n) is 4.58. The van der Waals surface area contributed by atoms with Gasteiger partial charge >= 0.3 is 5.97 Å². The maximum Gasteiger partial charge on any atom is 0.350 e. The van der Waals surface area contributed by atoms with Crippen LogP contribution in [0.3, 0.4) is 0 Å². The first kappa shape index (κ1) is 14.4. The lowest BCUT2D eigenvalue weighted by Gasteiger charge is -2.12. The van der Waals surface area contributed by atoms with E-state index >= 15 is 0 Å². The van der Waals surface area contributed by atoms with Gasteiger partial charge in [-0.05, 0) is 17.5 Å². The first-order valence-electron chi connectivity index (χ1n) is 6.38. The molecule has 0 aliphatic heterocycles. The summed E-state index contributed by atoms with van der Waals surface area (Å²) in [5.74, 6) is -0.0160. The molecule has 0 spiro atoms. The maximum atomic E-state index is 11.5. The smallest absolute Gasteiger partial charge is 0.350 e. The molecule has 2 rings (SSSR count). The zero-order chi connectivity index (χ0) is 14.5. The molecule has 106 valence electrons. The molecular formula is C15H18N2O2S. The molecule has 1 unspecified atom stereocenters. The van der Waals surface area contributed by atoms with E-state index in [0.717, 1.165) is 11.5 Å². The van der Waals surface area contributed by atoms with Gasteiger partial charge in [-0.25, -0.2) is 4.79 Å². The topological polar surface area (TPSA) is 64.3 Å². The van der Waals surface area contributed by atoms with Crippen molar-refractivity contribution in [3.63, 3.8) is 0 Å². The van der Waals surface area contributed by atoms with Gasteiger partial charge in [-0.3, -0.25) is 0 Å². The fourth-order valence-corrected chi connectivity index (χ4v) is 2.80. The van der Waals surface area contributed by atoms with Gasteiger partial charge in [0.15, 0.2) is 0 Å². The van der Waals surface area contributed by atoms with Gasteiger partial charge < -0.3 is 15.8 Å². The summed E-state index contributed by atoms with van der Waals surface area (Å²) >= 11 is 1.32. The first-order valence-corrected chi connectivity index (χ1v) is 7.20. The molecule has 0 aliphatic carbocycles. The number of carbonyl (C=O) groups is 1. The van der Waals surface area contributed by atoms with E-state index in [4.69, 9.17) is 5.73 Å². The highest BCUT2D eigenvalue weighted by Crippen LogP contribution is 2.30. The summed E-state index contributed by atoms with van der Waals surface area (Å²) in [5, 5.41) is 4.19. The van der Waals surface area contributed by atoms with Gasteiger partial charge in [0.2, 0.25) is 0 Å². The number of nitrogens with one attached hydrogen (secondary N) is 1. The van der Waals surface area contributed by atoms with E-state index in [0.29, 0.717) is 16.5 Å². The summed E-state index contributed by atoms with van der Waals surface area (Å²) in [4.78, 5) is 11.9. The summed E-state index contributed by atoms with van der Waals surface area (Å²) < 4.78 is 4.69. The molecule has 20 heavy (non-hydrogen) atoms. The van der Waals surface area contributed by atoms with E-state index < -0.39 is 5.97 Å². The number of hydrogen-bond acceptors (Lipinski definition) is 5. The second kappa shape index (κ2) is 6.43. The van der Waals surface area contributed by atoms with Gasteiger partial charge in [0.25, 0.3) is 0 Å². The van der Waals surface area contributed by atoms with Gasteiger partial charge in [0.05, 0.1) is 17.8 Å². The number of rotatable bonds is 5. The minimum absolute atomic E-state index is 0.376. The largest absolute Gasteiger partial charge is 0.465 e. The number of methoxy groups -OCH3 is 1. The van der Waals surface area contributed by atoms with Crippen molar-refractivity contribution in [2.24, 2.45) is 0 Å². The molecule has 0 amide bonds. The molecule has 1 aromatic carbocycles. The lowest BCUT2D eigenvalue weighted by molar-refractivity contribution is 0.0607. The van der Waals surface area contributed by atoms with Gasteiger partial charge in [-0.15, -0.1) is 11.3 Å². The molecule has 0 aliphatic rings. The van der Waals surface area contributed by atoms with Crippen LogP contribution in [0.5, 0.6) is 0 Å². The van der Waals surface area contributed by atoms with E-state index in [9.17, 15) is 4.79 Å². The molecule has 5 heteroatoms. The summed E-state index contributed by atoms with van der Waals surface area (Å²) in [6.45, 7) is 2.94. The molecule has 0 radical (unpaired) electrons. The fraction of sp³-hybridized carbons (Fsp3) is 0.267. The molecule has 1 atom stereocenters. The molecule has 1 aromatic heterocycles. The molecule has 3 N–H and O–H groups in total. The van der Waals surface area contributed by atoms with E-state index in [1.807, 2.05) is 18.2 Å². The van der Waals surface area contributed by atoms with Crippen molar-refractivity contribution in [2.45, 2.75) is 12.8 Å². The molecule has 4 nitrogen and oxygen atoms in total. The van der Waals surface area contributed by atoms with Gasteiger partial charge in [-0.2, -0.15) is 0 Å². The monoisotopic (exact) mass is 290 g/mol. The van der Waals surface area contributed by atoms with E-state index in [1.54, 1.807) is 6.07 Å². The zero-order valence-corrected chi connectivity index (χ0v) is 12.4. The molecule has 0 saturated heterocycles. The van der Waals surface area contributed by atoms with E-state index in [-0.39, 0.29) is 0 Å². The Morgan fingerprint density at radius 2 is 2.10 bits per heavy atom. The Labute approximate surface area is 122 Å². The van der Waals surface area contributed by atoms with Crippen molar-refractivity contribution < 1.29 is 9.53 Å². The standard InChI is InChI=1S/C15H18N2O2S/c1-10(11-6-4-3-5-7-11)9-17-13-8-12(16)14(20-13)15(18)19-2/h3-8,10,17H,9,16H2,1-2H3. The lowest BCUT2D eigenvalue weighted by Crippen LogP contribution is -2.08. The Morgan fingerprint density at radius 3 is 2.75 bits per heavy atom. The van der Waals surface area contributed by atoms with E-state index in [2.05, 4.69) is 29.1 Å². The molecule has 2 aromatic rings. The van der Waals surface area contributed by atoms with Crippen LogP contribution in [0, 0.1) is 0 Å². The number of hydrogen-bond donors (Lipinski definition) is 2. The van der Waals surface area contributed by atoms with Crippen LogP contribution in [0.15, 0.2) is 36.4 Å². The Kier molecular flexibility index (Phi) is 4.63. The SMILES string of the molecule is COC(=O)c1sc(NCC(C)c2ccccc2)cc1N. The van der Waals surface area contributed by atoms with Gasteiger partial charge in [0.1, 0.15) is 4.88 Å². The Balaban J connectivity index is 1.99.